The molecular weight excluding hydrogens is 303 g/mol. The summed E-state index contributed by atoms with van der Waals surface area (Å²) in [5.41, 5.74) is 0.141. The second-order valence-corrected chi connectivity index (χ2v) is 4.89. The fourth-order valence-corrected chi connectivity index (χ4v) is 2.12. The van der Waals surface area contributed by atoms with Crippen molar-refractivity contribution in [3.05, 3.63) is 64.7 Å². The van der Waals surface area contributed by atoms with Gasteiger partial charge in [-0.3, -0.25) is 0 Å². The molecule has 2 N–H and O–H groups in total. The van der Waals surface area contributed by atoms with Crippen LogP contribution >= 0.6 is 11.6 Å². The summed E-state index contributed by atoms with van der Waals surface area (Å²) in [5, 5.41) is 12.8. The van der Waals surface area contributed by atoms with Crippen LogP contribution in [0.15, 0.2) is 48.5 Å². The lowest BCUT2D eigenvalue weighted by Crippen LogP contribution is -2.16. The predicted octanol–water partition coefficient (Wildman–Crippen LogP) is 4.50. The normalized spacial score (nSPS) is 13.0. The van der Waals surface area contributed by atoms with Crippen molar-refractivity contribution in [3.8, 4) is 0 Å². The molecule has 6 heteroatoms. The summed E-state index contributed by atoms with van der Waals surface area (Å²) < 4.78 is 38.2. The Labute approximate surface area is 125 Å². The van der Waals surface area contributed by atoms with Crippen LogP contribution < -0.4 is 5.32 Å². The van der Waals surface area contributed by atoms with Gasteiger partial charge in [0.25, 0.3) is 0 Å². The minimum absolute atomic E-state index is 0.340. The van der Waals surface area contributed by atoms with Gasteiger partial charge in [-0.2, -0.15) is 13.2 Å². The summed E-state index contributed by atoms with van der Waals surface area (Å²) in [6, 6.07) is 11.0. The molecule has 0 bridgehead atoms. The maximum absolute atomic E-state index is 12.7. The number of hydrogen-bond donors (Lipinski definition) is 2. The van der Waals surface area contributed by atoms with Gasteiger partial charge in [0.1, 0.15) is 0 Å². The van der Waals surface area contributed by atoms with E-state index in [2.05, 4.69) is 5.32 Å². The first-order valence-corrected chi connectivity index (χ1v) is 6.58. The third-order valence-corrected chi connectivity index (χ3v) is 3.33. The number of nitrogens with one attached hydrogen (secondary N) is 1. The fraction of sp³-hybridized carbons (Fsp3) is 0.200. The average Bonchev–Trinajstić information content (AvgIpc) is 2.46. The number of alkyl halides is 3. The van der Waals surface area contributed by atoms with Gasteiger partial charge in [0.2, 0.25) is 0 Å². The molecule has 21 heavy (non-hydrogen) atoms. The highest BCUT2D eigenvalue weighted by atomic mass is 35.5. The van der Waals surface area contributed by atoms with E-state index in [1.807, 2.05) is 0 Å². The third kappa shape index (κ3) is 3.89. The summed E-state index contributed by atoms with van der Waals surface area (Å²) in [7, 11) is 0. The molecule has 1 unspecified atom stereocenters. The van der Waals surface area contributed by atoms with Crippen LogP contribution in [-0.2, 0) is 6.18 Å². The molecule has 2 aromatic carbocycles. The third-order valence-electron chi connectivity index (χ3n) is 3.00. The molecular formula is C15H13ClF3NO. The van der Waals surface area contributed by atoms with Crippen LogP contribution in [0.1, 0.15) is 17.2 Å². The highest BCUT2D eigenvalue weighted by molar-refractivity contribution is 6.33. The quantitative estimate of drug-likeness (QED) is 0.870. The zero-order valence-electron chi connectivity index (χ0n) is 10.9. The Morgan fingerprint density at radius 1 is 1.10 bits per heavy atom. The highest BCUT2D eigenvalue weighted by Crippen LogP contribution is 2.32. The zero-order valence-corrected chi connectivity index (χ0v) is 11.6. The van der Waals surface area contributed by atoms with Gasteiger partial charge in [0.05, 0.1) is 28.9 Å². The van der Waals surface area contributed by atoms with Crippen molar-refractivity contribution < 1.29 is 18.3 Å². The van der Waals surface area contributed by atoms with Gasteiger partial charge in [-0.25, -0.2) is 0 Å². The molecule has 2 nitrogen and oxygen atoms in total. The Bertz CT molecular complexity index is 616. The molecule has 0 aliphatic rings. The van der Waals surface area contributed by atoms with E-state index in [-0.39, 0.29) is 6.61 Å². The molecule has 0 amide bonds. The Balaban J connectivity index is 2.28. The smallest absolute Gasteiger partial charge is 0.394 e. The van der Waals surface area contributed by atoms with Crippen LogP contribution in [0, 0.1) is 0 Å². The molecule has 0 radical (unpaired) electrons. The molecule has 1 atom stereocenters. The first-order chi connectivity index (χ1) is 9.91. The van der Waals surface area contributed by atoms with E-state index in [0.29, 0.717) is 16.3 Å². The van der Waals surface area contributed by atoms with Crippen molar-refractivity contribution >= 4 is 17.3 Å². The monoisotopic (exact) mass is 315 g/mol. The summed E-state index contributed by atoms with van der Waals surface area (Å²) in [6.07, 6.45) is -4.42. The average molecular weight is 316 g/mol. The standard InChI is InChI=1S/C15H13ClF3NO/c16-12-6-1-2-7-13(12)20-14(9-21)10-4-3-5-11(8-10)15(17,18)19/h1-8,14,20-21H,9H2. The predicted molar refractivity (Wildman–Crippen MR) is 76.3 cm³/mol. The number of hydrogen-bond acceptors (Lipinski definition) is 2. The Hall–Kier alpha value is -1.72. The second kappa shape index (κ2) is 6.37. The summed E-state index contributed by atoms with van der Waals surface area (Å²) >= 11 is 5.99. The maximum atomic E-state index is 12.7. The van der Waals surface area contributed by atoms with Crippen LogP contribution in [0.25, 0.3) is 0 Å². The van der Waals surface area contributed by atoms with Crippen LogP contribution in [-0.4, -0.2) is 11.7 Å². The molecule has 0 aliphatic heterocycles. The molecule has 0 saturated carbocycles. The Kier molecular flexibility index (Phi) is 4.75. The molecule has 0 saturated heterocycles. The van der Waals surface area contributed by atoms with E-state index in [1.54, 1.807) is 24.3 Å². The lowest BCUT2D eigenvalue weighted by molar-refractivity contribution is -0.137. The molecule has 112 valence electrons. The molecule has 2 aromatic rings. The van der Waals surface area contributed by atoms with E-state index >= 15 is 0 Å². The molecule has 0 heterocycles. The molecule has 0 aromatic heterocycles. The van der Waals surface area contributed by atoms with Crippen molar-refractivity contribution in [2.45, 2.75) is 12.2 Å². The highest BCUT2D eigenvalue weighted by Gasteiger charge is 2.31. The molecule has 0 aliphatic carbocycles. The number of para-hydroxylation sites is 1. The summed E-state index contributed by atoms with van der Waals surface area (Å²) in [5.74, 6) is 0. The van der Waals surface area contributed by atoms with E-state index in [0.717, 1.165) is 12.1 Å². The Morgan fingerprint density at radius 2 is 1.81 bits per heavy atom. The second-order valence-electron chi connectivity index (χ2n) is 4.48. The number of anilines is 1. The van der Waals surface area contributed by atoms with E-state index in [4.69, 9.17) is 11.6 Å². The first-order valence-electron chi connectivity index (χ1n) is 6.21. The molecule has 0 fully saturated rings. The van der Waals surface area contributed by atoms with Gasteiger partial charge in [-0.15, -0.1) is 0 Å². The van der Waals surface area contributed by atoms with E-state index in [9.17, 15) is 18.3 Å². The van der Waals surface area contributed by atoms with Crippen molar-refractivity contribution in [2.24, 2.45) is 0 Å². The first kappa shape index (κ1) is 15.7. The number of benzene rings is 2. The largest absolute Gasteiger partial charge is 0.416 e. The van der Waals surface area contributed by atoms with Crippen LogP contribution in [0.3, 0.4) is 0 Å². The number of aliphatic hydroxyl groups excluding tert-OH is 1. The van der Waals surface area contributed by atoms with Gasteiger partial charge >= 0.3 is 6.18 Å². The van der Waals surface area contributed by atoms with Gasteiger partial charge < -0.3 is 10.4 Å². The number of rotatable bonds is 4. The van der Waals surface area contributed by atoms with Gasteiger partial charge in [-0.05, 0) is 29.8 Å². The molecule has 2 rings (SSSR count). The van der Waals surface area contributed by atoms with Crippen molar-refractivity contribution in [1.29, 1.82) is 0 Å². The topological polar surface area (TPSA) is 32.3 Å². The maximum Gasteiger partial charge on any atom is 0.416 e. The van der Waals surface area contributed by atoms with E-state index in [1.165, 1.54) is 12.1 Å². The lowest BCUT2D eigenvalue weighted by Gasteiger charge is -2.20. The number of halogens is 4. The van der Waals surface area contributed by atoms with Gasteiger partial charge in [0, 0.05) is 0 Å². The minimum atomic E-state index is -4.42. The van der Waals surface area contributed by atoms with Crippen molar-refractivity contribution in [3.63, 3.8) is 0 Å². The molecule has 0 spiro atoms. The Morgan fingerprint density at radius 3 is 2.43 bits per heavy atom. The van der Waals surface area contributed by atoms with Crippen LogP contribution in [0.4, 0.5) is 18.9 Å². The lowest BCUT2D eigenvalue weighted by atomic mass is 10.0. The zero-order chi connectivity index (χ0) is 15.5. The van der Waals surface area contributed by atoms with Crippen LogP contribution in [0.2, 0.25) is 5.02 Å². The van der Waals surface area contributed by atoms with Crippen molar-refractivity contribution in [2.75, 3.05) is 11.9 Å². The SMILES string of the molecule is OCC(Nc1ccccc1Cl)c1cccc(C(F)(F)F)c1. The van der Waals surface area contributed by atoms with Gasteiger partial charge in [0.15, 0.2) is 0 Å². The van der Waals surface area contributed by atoms with Crippen molar-refractivity contribution in [1.82, 2.24) is 0 Å². The van der Waals surface area contributed by atoms with Crippen LogP contribution in [0.5, 0.6) is 0 Å². The van der Waals surface area contributed by atoms with Gasteiger partial charge in [-0.1, -0.05) is 35.9 Å². The minimum Gasteiger partial charge on any atom is -0.394 e. The summed E-state index contributed by atoms with van der Waals surface area (Å²) in [6.45, 7) is -0.355. The number of aliphatic hydroxyl groups is 1. The van der Waals surface area contributed by atoms with E-state index < -0.39 is 17.8 Å². The summed E-state index contributed by atoms with van der Waals surface area (Å²) in [4.78, 5) is 0. The fourth-order valence-electron chi connectivity index (χ4n) is 1.93.